The fourth-order valence-electron chi connectivity index (χ4n) is 3.77. The Balaban J connectivity index is 1.69. The summed E-state index contributed by atoms with van der Waals surface area (Å²) < 4.78 is 5.40. The van der Waals surface area contributed by atoms with Gasteiger partial charge < -0.3 is 10.1 Å². The zero-order chi connectivity index (χ0) is 25.3. The molecule has 7 nitrogen and oxygen atoms in total. The average Bonchev–Trinajstić information content (AvgIpc) is 3.17. The lowest BCUT2D eigenvalue weighted by Gasteiger charge is -2.21. The van der Waals surface area contributed by atoms with Crippen molar-refractivity contribution < 1.29 is 28.7 Å². The highest BCUT2D eigenvalue weighted by molar-refractivity contribution is 6.46. The van der Waals surface area contributed by atoms with Crippen LogP contribution in [0, 0.1) is 5.92 Å². The molecule has 0 fully saturated rings. The van der Waals surface area contributed by atoms with Crippen LogP contribution in [0.25, 0.3) is 0 Å². The summed E-state index contributed by atoms with van der Waals surface area (Å²) in [5.74, 6) is -5.48. The normalized spacial score (nSPS) is 15.1. The van der Waals surface area contributed by atoms with Gasteiger partial charge in [-0.2, -0.15) is 0 Å². The van der Waals surface area contributed by atoms with E-state index in [0.29, 0.717) is 11.1 Å². The summed E-state index contributed by atoms with van der Waals surface area (Å²) in [6.07, 6.45) is -1.31. The second-order valence-electron chi connectivity index (χ2n) is 7.84. The van der Waals surface area contributed by atoms with Crippen molar-refractivity contribution in [2.24, 2.45) is 5.92 Å². The fraction of sp³-hybridized carbons (Fsp3) is 0.115. The van der Waals surface area contributed by atoms with Gasteiger partial charge >= 0.3 is 5.97 Å². The first-order valence-corrected chi connectivity index (χ1v) is 11.2. The maximum absolute atomic E-state index is 13.5. The predicted molar refractivity (Wildman–Crippen MR) is 129 cm³/mol. The largest absolute Gasteiger partial charge is 0.453 e. The number of fused-ring (bicyclic) bond motifs is 1. The van der Waals surface area contributed by atoms with Crippen LogP contribution in [0.3, 0.4) is 0 Å². The number of benzene rings is 3. The molecular formula is C26H17Cl2NO6. The van der Waals surface area contributed by atoms with E-state index < -0.39 is 35.5 Å². The van der Waals surface area contributed by atoms with Gasteiger partial charge in [0.1, 0.15) is 12.0 Å². The van der Waals surface area contributed by atoms with Crippen LogP contribution in [0.15, 0.2) is 66.7 Å². The third-order valence-electron chi connectivity index (χ3n) is 5.57. The van der Waals surface area contributed by atoms with Crippen molar-refractivity contribution in [1.82, 2.24) is 0 Å². The summed E-state index contributed by atoms with van der Waals surface area (Å²) in [7, 11) is 0. The Bertz CT molecular complexity index is 1380. The molecule has 1 amide bonds. The molecule has 3 aromatic rings. The first-order valence-electron chi connectivity index (χ1n) is 10.4. The smallest absolute Gasteiger partial charge is 0.339 e. The molecule has 0 bridgehead atoms. The fourth-order valence-corrected chi connectivity index (χ4v) is 4.06. The maximum atomic E-state index is 13.5. The number of hydrogen-bond acceptors (Lipinski definition) is 6. The minimum Gasteiger partial charge on any atom is -0.453 e. The third kappa shape index (κ3) is 4.87. The molecule has 3 aromatic carbocycles. The topological polar surface area (TPSA) is 107 Å². The number of ether oxygens (including phenoxy) is 1. The molecule has 2 atom stereocenters. The van der Waals surface area contributed by atoms with E-state index in [1.807, 2.05) is 0 Å². The molecule has 0 aromatic heterocycles. The number of esters is 1. The van der Waals surface area contributed by atoms with Gasteiger partial charge in [-0.1, -0.05) is 41.4 Å². The van der Waals surface area contributed by atoms with Gasteiger partial charge in [0.25, 0.3) is 5.91 Å². The number of halogens is 2. The van der Waals surface area contributed by atoms with Gasteiger partial charge in [0.15, 0.2) is 11.6 Å². The number of Topliss-reactive ketones (excluding diaryl/α,β-unsaturated/α-hetero) is 3. The van der Waals surface area contributed by atoms with Crippen molar-refractivity contribution in [1.29, 1.82) is 0 Å². The molecule has 0 saturated heterocycles. The minimum atomic E-state index is -1.67. The van der Waals surface area contributed by atoms with Gasteiger partial charge in [0, 0.05) is 22.4 Å². The summed E-state index contributed by atoms with van der Waals surface area (Å²) in [6, 6.07) is 16.3. The number of rotatable bonds is 7. The quantitative estimate of drug-likeness (QED) is 0.205. The van der Waals surface area contributed by atoms with Crippen LogP contribution < -0.4 is 5.32 Å². The summed E-state index contributed by atoms with van der Waals surface area (Å²) in [4.78, 5) is 63.6. The number of anilines is 1. The molecule has 1 N–H and O–H groups in total. The zero-order valence-electron chi connectivity index (χ0n) is 18.2. The van der Waals surface area contributed by atoms with Crippen LogP contribution in [-0.4, -0.2) is 29.2 Å². The number of nitrogens with one attached hydrogen (secondary N) is 1. The summed E-state index contributed by atoms with van der Waals surface area (Å²) >= 11 is 12.0. The number of ketones is 3. The maximum Gasteiger partial charge on any atom is 0.339 e. The molecule has 35 heavy (non-hydrogen) atoms. The highest BCUT2D eigenvalue weighted by Crippen LogP contribution is 2.38. The van der Waals surface area contributed by atoms with Gasteiger partial charge in [-0.05, 0) is 55.5 Å². The molecule has 1 aliphatic rings. The molecule has 4 rings (SSSR count). The van der Waals surface area contributed by atoms with E-state index in [-0.39, 0.29) is 32.6 Å². The zero-order valence-corrected chi connectivity index (χ0v) is 19.7. The van der Waals surface area contributed by atoms with Crippen molar-refractivity contribution in [2.45, 2.75) is 13.0 Å². The molecule has 1 aliphatic heterocycles. The van der Waals surface area contributed by atoms with Gasteiger partial charge in [-0.15, -0.1) is 0 Å². The van der Waals surface area contributed by atoms with E-state index in [0.717, 1.165) is 0 Å². The van der Waals surface area contributed by atoms with Crippen molar-refractivity contribution in [3.63, 3.8) is 0 Å². The number of hydrogen-bond donors (Lipinski definition) is 1. The molecule has 0 spiro atoms. The Hall–Kier alpha value is -3.81. The lowest BCUT2D eigenvalue weighted by Crippen LogP contribution is -2.38. The first-order chi connectivity index (χ1) is 16.7. The SMILES string of the molecule is CC(=O)c1ccc(NC(=O)C(=O)[C@@H](C(=O)c2ccc(Cl)c(Cl)c2)[C@@H]2OC(=O)c3ccccc32)cc1. The van der Waals surface area contributed by atoms with Crippen LogP contribution in [0.5, 0.6) is 0 Å². The summed E-state index contributed by atoms with van der Waals surface area (Å²) in [5, 5.41) is 2.72. The lowest BCUT2D eigenvalue weighted by atomic mass is 9.84. The summed E-state index contributed by atoms with van der Waals surface area (Å²) in [5.41, 5.74) is 1.23. The Morgan fingerprint density at radius 3 is 2.20 bits per heavy atom. The number of carbonyl (C=O) groups is 5. The second-order valence-corrected chi connectivity index (χ2v) is 8.65. The van der Waals surface area contributed by atoms with Crippen LogP contribution >= 0.6 is 23.2 Å². The Morgan fingerprint density at radius 1 is 0.886 bits per heavy atom. The van der Waals surface area contributed by atoms with Gasteiger partial charge in [-0.25, -0.2) is 4.79 Å². The Kier molecular flexibility index (Phi) is 6.82. The molecule has 0 saturated carbocycles. The first kappa shape index (κ1) is 24.3. The van der Waals surface area contributed by atoms with Crippen molar-refractivity contribution in [3.8, 4) is 0 Å². The highest BCUT2D eigenvalue weighted by Gasteiger charge is 2.46. The molecule has 176 valence electrons. The number of amides is 1. The minimum absolute atomic E-state index is 0.0248. The standard InChI is InChI=1S/C26H17Cl2NO6/c1-13(30)14-6-9-16(10-7-14)29-25(33)23(32)21(22(31)15-8-11-19(27)20(28)12-15)24-17-4-2-3-5-18(17)26(34)35-24/h2-12,21,24H,1H3,(H,29,33)/t21-,24-/m1/s1. The van der Waals surface area contributed by atoms with E-state index in [1.165, 1.54) is 55.5 Å². The van der Waals surface area contributed by atoms with Gasteiger partial charge in [0.05, 0.1) is 15.6 Å². The molecular weight excluding hydrogens is 493 g/mol. The van der Waals surface area contributed by atoms with Crippen LogP contribution in [0.1, 0.15) is 49.7 Å². The number of carbonyl (C=O) groups excluding carboxylic acids is 5. The van der Waals surface area contributed by atoms with Crippen LogP contribution in [0.2, 0.25) is 10.0 Å². The summed E-state index contributed by atoms with van der Waals surface area (Å²) in [6.45, 7) is 1.40. The average molecular weight is 510 g/mol. The molecule has 0 radical (unpaired) electrons. The molecule has 9 heteroatoms. The van der Waals surface area contributed by atoms with E-state index in [9.17, 15) is 24.0 Å². The highest BCUT2D eigenvalue weighted by atomic mass is 35.5. The van der Waals surface area contributed by atoms with E-state index >= 15 is 0 Å². The lowest BCUT2D eigenvalue weighted by molar-refractivity contribution is -0.138. The Morgan fingerprint density at radius 2 is 1.54 bits per heavy atom. The predicted octanol–water partition coefficient (Wildman–Crippen LogP) is 5.11. The van der Waals surface area contributed by atoms with Crippen molar-refractivity contribution in [2.75, 3.05) is 5.32 Å². The molecule has 0 unspecified atom stereocenters. The van der Waals surface area contributed by atoms with Crippen LogP contribution in [0.4, 0.5) is 5.69 Å². The molecule has 0 aliphatic carbocycles. The van der Waals surface area contributed by atoms with Gasteiger partial charge in [0.2, 0.25) is 5.78 Å². The van der Waals surface area contributed by atoms with E-state index in [4.69, 9.17) is 27.9 Å². The number of cyclic esters (lactones) is 1. The Labute approximate surface area is 210 Å². The van der Waals surface area contributed by atoms with Crippen LogP contribution in [-0.2, 0) is 14.3 Å². The van der Waals surface area contributed by atoms with Crippen molar-refractivity contribution in [3.05, 3.63) is 99.0 Å². The van der Waals surface area contributed by atoms with E-state index in [1.54, 1.807) is 18.2 Å². The van der Waals surface area contributed by atoms with E-state index in [2.05, 4.69) is 5.32 Å². The van der Waals surface area contributed by atoms with Crippen molar-refractivity contribution >= 4 is 58.1 Å². The van der Waals surface area contributed by atoms with Gasteiger partial charge in [-0.3, -0.25) is 19.2 Å². The third-order valence-corrected chi connectivity index (χ3v) is 6.31. The molecule has 1 heterocycles. The second kappa shape index (κ2) is 9.82. The monoisotopic (exact) mass is 509 g/mol.